The predicted molar refractivity (Wildman–Crippen MR) is 118 cm³/mol. The first kappa shape index (κ1) is 22.4. The Morgan fingerprint density at radius 2 is 2.03 bits per heavy atom. The molecule has 7 nitrogen and oxygen atoms in total. The van der Waals surface area contributed by atoms with E-state index in [1.807, 2.05) is 12.1 Å². The number of allylic oxidation sites excluding steroid dienone is 1. The Morgan fingerprint density at radius 1 is 1.18 bits per heavy atom. The number of amides is 1. The molecular weight excluding hydrogens is 471 g/mol. The minimum Gasteiger partial charge on any atom is -0.478 e. The largest absolute Gasteiger partial charge is 0.478 e. The maximum Gasteiger partial charge on any atom is 0.417 e. The van der Waals surface area contributed by atoms with Crippen molar-refractivity contribution in [2.45, 2.75) is 32.0 Å². The average molecular weight is 490 g/mol. The third-order valence-corrected chi connectivity index (χ3v) is 6.25. The number of nitrogens with zero attached hydrogens (tertiary/aromatic N) is 5. The van der Waals surface area contributed by atoms with E-state index in [1.165, 1.54) is 23.4 Å². The first-order valence-corrected chi connectivity index (χ1v) is 11.1. The number of carbonyl (C=O) groups excluding carboxylic acids is 1. The van der Waals surface area contributed by atoms with Gasteiger partial charge in [0.05, 0.1) is 52.6 Å². The number of carbonyl (C=O) groups is 1. The van der Waals surface area contributed by atoms with Crippen molar-refractivity contribution in [3.05, 3.63) is 70.3 Å². The Hall–Kier alpha value is -3.40. The molecule has 2 aliphatic heterocycles. The van der Waals surface area contributed by atoms with Crippen LogP contribution in [0.5, 0.6) is 0 Å². The number of aromatic nitrogens is 4. The van der Waals surface area contributed by atoms with Crippen LogP contribution in [-0.2, 0) is 23.9 Å². The number of halogens is 4. The van der Waals surface area contributed by atoms with Crippen LogP contribution in [0.2, 0.25) is 5.02 Å². The van der Waals surface area contributed by atoms with Crippen LogP contribution in [0.4, 0.5) is 13.2 Å². The second-order valence-corrected chi connectivity index (χ2v) is 8.33. The maximum absolute atomic E-state index is 13.2. The molecule has 0 fully saturated rings. The van der Waals surface area contributed by atoms with E-state index in [1.54, 1.807) is 10.9 Å². The van der Waals surface area contributed by atoms with Crippen LogP contribution in [0.1, 0.15) is 40.0 Å². The molecular formula is C23H19ClF3N5O2. The fraction of sp³-hybridized carbons (Fsp3) is 0.304. The fourth-order valence-corrected chi connectivity index (χ4v) is 4.50. The van der Waals surface area contributed by atoms with Gasteiger partial charge < -0.3 is 9.64 Å². The Balaban J connectivity index is 1.45. The number of rotatable bonds is 3. The first-order valence-electron chi connectivity index (χ1n) is 10.7. The standard InChI is InChI=1S/C23H19ClF3N5O2/c24-20-15(4-3-5-16(20)23(25,26)27)22(33)31-10-8-14-17(12-31)28-13-29-21(14)18-7-9-30-32(18)19-6-1-2-11-34-19/h3-7,9,13H,1-2,8,10-12H2. The Labute approximate surface area is 197 Å². The van der Waals surface area contributed by atoms with Crippen molar-refractivity contribution in [2.75, 3.05) is 13.2 Å². The van der Waals surface area contributed by atoms with Crippen molar-refractivity contribution in [3.8, 4) is 11.4 Å². The second kappa shape index (κ2) is 8.75. The number of alkyl halides is 3. The molecule has 176 valence electrons. The topological polar surface area (TPSA) is 73.1 Å². The van der Waals surface area contributed by atoms with Crippen LogP contribution in [0.3, 0.4) is 0 Å². The molecule has 0 radical (unpaired) electrons. The summed E-state index contributed by atoms with van der Waals surface area (Å²) in [5.74, 6) is 0.0677. The lowest BCUT2D eigenvalue weighted by Gasteiger charge is -2.29. The van der Waals surface area contributed by atoms with Gasteiger partial charge in [-0.15, -0.1) is 0 Å². The molecule has 0 aliphatic carbocycles. The van der Waals surface area contributed by atoms with Gasteiger partial charge in [-0.25, -0.2) is 9.97 Å². The van der Waals surface area contributed by atoms with Crippen LogP contribution in [0.25, 0.3) is 17.3 Å². The molecule has 2 aliphatic rings. The molecule has 0 N–H and O–H groups in total. The summed E-state index contributed by atoms with van der Waals surface area (Å²) in [5.41, 5.74) is 1.69. The number of benzene rings is 1. The van der Waals surface area contributed by atoms with Gasteiger partial charge in [0.2, 0.25) is 5.88 Å². The Morgan fingerprint density at radius 3 is 2.79 bits per heavy atom. The molecule has 0 unspecified atom stereocenters. The van der Waals surface area contributed by atoms with Crippen molar-refractivity contribution in [1.29, 1.82) is 0 Å². The third-order valence-electron chi connectivity index (χ3n) is 5.84. The van der Waals surface area contributed by atoms with Crippen LogP contribution in [-0.4, -0.2) is 43.7 Å². The summed E-state index contributed by atoms with van der Waals surface area (Å²) in [6, 6.07) is 5.18. The monoisotopic (exact) mass is 489 g/mol. The number of hydrogen-bond acceptors (Lipinski definition) is 5. The highest BCUT2D eigenvalue weighted by Crippen LogP contribution is 2.37. The van der Waals surface area contributed by atoms with Gasteiger partial charge >= 0.3 is 6.18 Å². The van der Waals surface area contributed by atoms with E-state index in [0.717, 1.165) is 30.2 Å². The van der Waals surface area contributed by atoms with E-state index in [-0.39, 0.29) is 18.7 Å². The molecule has 0 bridgehead atoms. The lowest BCUT2D eigenvalue weighted by atomic mass is 10.00. The van der Waals surface area contributed by atoms with Crippen LogP contribution in [0, 0.1) is 0 Å². The van der Waals surface area contributed by atoms with Gasteiger partial charge in [0.1, 0.15) is 6.33 Å². The molecule has 4 heterocycles. The fourth-order valence-electron chi connectivity index (χ4n) is 4.19. The zero-order valence-electron chi connectivity index (χ0n) is 17.8. The van der Waals surface area contributed by atoms with E-state index >= 15 is 0 Å². The molecule has 2 aromatic heterocycles. The van der Waals surface area contributed by atoms with E-state index in [0.29, 0.717) is 30.3 Å². The Bertz CT molecular complexity index is 1290. The first-order chi connectivity index (χ1) is 16.3. The third kappa shape index (κ3) is 4.02. The lowest BCUT2D eigenvalue weighted by molar-refractivity contribution is -0.137. The second-order valence-electron chi connectivity index (χ2n) is 7.95. The smallest absolute Gasteiger partial charge is 0.417 e. The number of hydrogen-bond donors (Lipinski definition) is 0. The van der Waals surface area contributed by atoms with Crippen molar-refractivity contribution < 1.29 is 22.7 Å². The van der Waals surface area contributed by atoms with Gasteiger partial charge in [-0.1, -0.05) is 17.7 Å². The molecule has 5 rings (SSSR count). The number of ether oxygens (including phenoxy) is 1. The highest BCUT2D eigenvalue weighted by atomic mass is 35.5. The van der Waals surface area contributed by atoms with Crippen LogP contribution >= 0.6 is 11.6 Å². The SMILES string of the molecule is O=C(c1cccc(C(F)(F)F)c1Cl)N1CCc2c(ncnc2-c2ccnn2C2=CCCCO2)C1. The molecule has 1 aromatic carbocycles. The van der Waals surface area contributed by atoms with Gasteiger partial charge in [0, 0.05) is 12.1 Å². The van der Waals surface area contributed by atoms with E-state index in [2.05, 4.69) is 15.1 Å². The molecule has 0 spiro atoms. The van der Waals surface area contributed by atoms with Crippen molar-refractivity contribution in [2.24, 2.45) is 0 Å². The van der Waals surface area contributed by atoms with Gasteiger partial charge in [-0.2, -0.15) is 23.0 Å². The predicted octanol–water partition coefficient (Wildman–Crippen LogP) is 4.82. The van der Waals surface area contributed by atoms with Gasteiger partial charge in [0.25, 0.3) is 5.91 Å². The molecule has 0 saturated carbocycles. The quantitative estimate of drug-likeness (QED) is 0.527. The zero-order chi connectivity index (χ0) is 23.9. The molecule has 1 amide bonds. The average Bonchev–Trinajstić information content (AvgIpc) is 3.32. The summed E-state index contributed by atoms with van der Waals surface area (Å²) in [5, 5.41) is 3.78. The Kier molecular flexibility index (Phi) is 5.76. The van der Waals surface area contributed by atoms with Gasteiger partial charge in [-0.05, 0) is 43.5 Å². The van der Waals surface area contributed by atoms with Crippen LogP contribution < -0.4 is 0 Å². The van der Waals surface area contributed by atoms with Crippen molar-refractivity contribution in [3.63, 3.8) is 0 Å². The molecule has 0 saturated heterocycles. The van der Waals surface area contributed by atoms with Gasteiger partial charge in [0.15, 0.2) is 0 Å². The normalized spacial score (nSPS) is 16.0. The molecule has 3 aromatic rings. The van der Waals surface area contributed by atoms with Gasteiger partial charge in [-0.3, -0.25) is 4.79 Å². The lowest BCUT2D eigenvalue weighted by Crippen LogP contribution is -2.37. The summed E-state index contributed by atoms with van der Waals surface area (Å²) < 4.78 is 47.1. The minimum absolute atomic E-state index is 0.129. The van der Waals surface area contributed by atoms with E-state index < -0.39 is 22.7 Å². The van der Waals surface area contributed by atoms with E-state index in [9.17, 15) is 18.0 Å². The zero-order valence-corrected chi connectivity index (χ0v) is 18.6. The highest BCUT2D eigenvalue weighted by molar-refractivity contribution is 6.34. The summed E-state index contributed by atoms with van der Waals surface area (Å²) in [4.78, 5) is 23.3. The van der Waals surface area contributed by atoms with Crippen molar-refractivity contribution in [1.82, 2.24) is 24.6 Å². The summed E-state index contributed by atoms with van der Waals surface area (Å²) in [7, 11) is 0. The maximum atomic E-state index is 13.2. The number of fused-ring (bicyclic) bond motifs is 1. The summed E-state index contributed by atoms with van der Waals surface area (Å²) in [6.45, 7) is 1.03. The highest BCUT2D eigenvalue weighted by Gasteiger charge is 2.36. The molecule has 34 heavy (non-hydrogen) atoms. The molecule has 0 atom stereocenters. The van der Waals surface area contributed by atoms with Crippen molar-refractivity contribution >= 4 is 23.4 Å². The summed E-state index contributed by atoms with van der Waals surface area (Å²) >= 11 is 5.97. The summed E-state index contributed by atoms with van der Waals surface area (Å²) in [6.07, 6.45) is 2.68. The minimum atomic E-state index is -4.65. The van der Waals surface area contributed by atoms with Crippen LogP contribution in [0.15, 0.2) is 42.9 Å². The molecule has 11 heteroatoms. The van der Waals surface area contributed by atoms with E-state index in [4.69, 9.17) is 16.3 Å².